The third-order valence-corrected chi connectivity index (χ3v) is 4.05. The fourth-order valence-corrected chi connectivity index (χ4v) is 2.68. The number of amides is 1. The van der Waals surface area contributed by atoms with Crippen LogP contribution in [0.2, 0.25) is 0 Å². The maximum Gasteiger partial charge on any atom is 0.408 e. The number of ether oxygens (including phenoxy) is 3. The largest absolute Gasteiger partial charge is 0.490 e. The fourth-order valence-electron chi connectivity index (χ4n) is 2.68. The Balaban J connectivity index is 1.59. The molecule has 1 unspecified atom stereocenters. The predicted octanol–water partition coefficient (Wildman–Crippen LogP) is 2.77. The molecule has 7 heteroatoms. The van der Waals surface area contributed by atoms with Gasteiger partial charge in [-0.05, 0) is 23.3 Å². The lowest BCUT2D eigenvalue weighted by Crippen LogP contribution is -2.42. The summed E-state index contributed by atoms with van der Waals surface area (Å²) in [6.07, 6.45) is 0.115. The number of rotatable bonds is 6. The maximum atomic E-state index is 12.0. The van der Waals surface area contributed by atoms with E-state index in [1.54, 1.807) is 18.2 Å². The van der Waals surface area contributed by atoms with Crippen molar-refractivity contribution in [2.75, 3.05) is 13.2 Å². The molecule has 1 aliphatic rings. The molecule has 7 nitrogen and oxygen atoms in total. The quantitative estimate of drug-likeness (QED) is 0.811. The highest BCUT2D eigenvalue weighted by Gasteiger charge is 2.22. The zero-order valence-corrected chi connectivity index (χ0v) is 14.7. The van der Waals surface area contributed by atoms with Crippen LogP contribution in [0, 0.1) is 0 Å². The van der Waals surface area contributed by atoms with Crippen LogP contribution in [-0.4, -0.2) is 36.4 Å². The van der Waals surface area contributed by atoms with Crippen molar-refractivity contribution in [1.82, 2.24) is 5.32 Å². The molecule has 0 spiro atoms. The molecule has 142 valence electrons. The summed E-state index contributed by atoms with van der Waals surface area (Å²) in [6, 6.07) is 13.3. The third-order valence-electron chi connectivity index (χ3n) is 4.05. The Morgan fingerprint density at radius 3 is 2.52 bits per heavy atom. The molecule has 2 N–H and O–H groups in total. The summed E-state index contributed by atoms with van der Waals surface area (Å²) < 4.78 is 16.3. The summed E-state index contributed by atoms with van der Waals surface area (Å²) >= 11 is 0. The van der Waals surface area contributed by atoms with Gasteiger partial charge in [0.1, 0.15) is 12.6 Å². The van der Waals surface area contributed by atoms with E-state index in [1.165, 1.54) is 0 Å². The van der Waals surface area contributed by atoms with Gasteiger partial charge in [-0.15, -0.1) is 0 Å². The molecule has 0 fully saturated rings. The highest BCUT2D eigenvalue weighted by atomic mass is 16.5. The summed E-state index contributed by atoms with van der Waals surface area (Å²) in [4.78, 5) is 23.5. The molecule has 0 bridgehead atoms. The summed E-state index contributed by atoms with van der Waals surface area (Å²) in [5, 5.41) is 11.8. The van der Waals surface area contributed by atoms with Crippen LogP contribution in [0.25, 0.3) is 0 Å². The number of carboxylic acids is 1. The molecule has 0 aromatic heterocycles. The second-order valence-corrected chi connectivity index (χ2v) is 6.13. The van der Waals surface area contributed by atoms with Crippen molar-refractivity contribution in [3.8, 4) is 11.5 Å². The number of carbonyl (C=O) groups excluding carboxylic acids is 1. The van der Waals surface area contributed by atoms with Gasteiger partial charge in [0.05, 0.1) is 13.2 Å². The minimum Gasteiger partial charge on any atom is -0.490 e. The summed E-state index contributed by atoms with van der Waals surface area (Å²) in [5.74, 6) is 0.0814. The van der Waals surface area contributed by atoms with Gasteiger partial charge in [-0.1, -0.05) is 36.4 Å². The number of fused-ring (bicyclic) bond motifs is 1. The van der Waals surface area contributed by atoms with Crippen molar-refractivity contribution in [3.63, 3.8) is 0 Å². The second-order valence-electron chi connectivity index (χ2n) is 6.13. The fraction of sp³-hybridized carbons (Fsp3) is 0.300. The lowest BCUT2D eigenvalue weighted by molar-refractivity contribution is -0.139. The summed E-state index contributed by atoms with van der Waals surface area (Å²) in [7, 11) is 0. The van der Waals surface area contributed by atoms with Gasteiger partial charge < -0.3 is 24.6 Å². The Kier molecular flexibility index (Phi) is 6.14. The molecular weight excluding hydrogens is 350 g/mol. The minimum atomic E-state index is -1.14. The van der Waals surface area contributed by atoms with E-state index in [0.717, 1.165) is 17.5 Å². The normalized spacial score (nSPS) is 13.9. The standard InChI is InChI=1S/C20H21NO6/c22-19(23)16(21-20(24)27-13-14-5-2-1-3-6-14)11-15-7-8-17-18(12-15)26-10-4-9-25-17/h1-3,5-8,12,16H,4,9-11,13H2,(H,21,24)(H,22,23). The van der Waals surface area contributed by atoms with Gasteiger partial charge in [0.25, 0.3) is 0 Å². The Hall–Kier alpha value is -3.22. The molecule has 0 radical (unpaired) electrons. The van der Waals surface area contributed by atoms with Crippen molar-refractivity contribution in [1.29, 1.82) is 0 Å². The number of nitrogens with one attached hydrogen (secondary N) is 1. The van der Waals surface area contributed by atoms with Crippen molar-refractivity contribution < 1.29 is 28.9 Å². The average molecular weight is 371 g/mol. The van der Waals surface area contributed by atoms with E-state index in [0.29, 0.717) is 24.7 Å². The van der Waals surface area contributed by atoms with Crippen molar-refractivity contribution in [3.05, 3.63) is 59.7 Å². The molecule has 0 saturated heterocycles. The number of carboxylic acid groups (broad SMARTS) is 1. The van der Waals surface area contributed by atoms with Gasteiger partial charge in [-0.25, -0.2) is 9.59 Å². The molecule has 1 aliphatic heterocycles. The molecule has 2 aromatic carbocycles. The van der Waals surface area contributed by atoms with Gasteiger partial charge >= 0.3 is 12.1 Å². The molecule has 27 heavy (non-hydrogen) atoms. The van der Waals surface area contributed by atoms with E-state index in [1.807, 2.05) is 30.3 Å². The molecule has 1 atom stereocenters. The van der Waals surface area contributed by atoms with Crippen molar-refractivity contribution in [2.24, 2.45) is 0 Å². The number of carbonyl (C=O) groups is 2. The van der Waals surface area contributed by atoms with E-state index in [-0.39, 0.29) is 13.0 Å². The first-order valence-electron chi connectivity index (χ1n) is 8.70. The van der Waals surface area contributed by atoms with E-state index in [2.05, 4.69) is 5.32 Å². The predicted molar refractivity (Wildman–Crippen MR) is 96.9 cm³/mol. The van der Waals surface area contributed by atoms with Crippen LogP contribution in [0.5, 0.6) is 11.5 Å². The SMILES string of the molecule is O=C(NC(Cc1ccc2c(c1)OCCCO2)C(=O)O)OCc1ccccc1. The Morgan fingerprint density at radius 1 is 1.04 bits per heavy atom. The molecule has 2 aromatic rings. The van der Waals surface area contributed by atoms with Crippen LogP contribution in [0.3, 0.4) is 0 Å². The van der Waals surface area contributed by atoms with Crippen LogP contribution >= 0.6 is 0 Å². The zero-order chi connectivity index (χ0) is 19.1. The van der Waals surface area contributed by atoms with E-state index < -0.39 is 18.1 Å². The van der Waals surface area contributed by atoms with Gasteiger partial charge in [0, 0.05) is 12.8 Å². The molecule has 1 amide bonds. The molecule has 3 rings (SSSR count). The summed E-state index contributed by atoms with van der Waals surface area (Å²) in [6.45, 7) is 1.20. The molecule has 0 aliphatic carbocycles. The molecule has 0 saturated carbocycles. The highest BCUT2D eigenvalue weighted by Crippen LogP contribution is 2.30. The highest BCUT2D eigenvalue weighted by molar-refractivity contribution is 5.80. The smallest absolute Gasteiger partial charge is 0.408 e. The Morgan fingerprint density at radius 2 is 1.78 bits per heavy atom. The first kappa shape index (κ1) is 18.6. The van der Waals surface area contributed by atoms with E-state index in [9.17, 15) is 14.7 Å². The summed E-state index contributed by atoms with van der Waals surface area (Å²) in [5.41, 5.74) is 1.54. The monoisotopic (exact) mass is 371 g/mol. The van der Waals surface area contributed by atoms with Gasteiger partial charge in [0.2, 0.25) is 0 Å². The lowest BCUT2D eigenvalue weighted by atomic mass is 10.1. The zero-order valence-electron chi connectivity index (χ0n) is 14.7. The topological polar surface area (TPSA) is 94.1 Å². The number of hydrogen-bond donors (Lipinski definition) is 2. The van der Waals surface area contributed by atoms with Crippen LogP contribution < -0.4 is 14.8 Å². The van der Waals surface area contributed by atoms with Gasteiger partial charge in [0.15, 0.2) is 11.5 Å². The number of aliphatic carboxylic acids is 1. The van der Waals surface area contributed by atoms with Gasteiger partial charge in [-0.3, -0.25) is 0 Å². The Labute approximate surface area is 156 Å². The average Bonchev–Trinajstić information content (AvgIpc) is 2.91. The van der Waals surface area contributed by atoms with Crippen LogP contribution in [0.1, 0.15) is 17.5 Å². The van der Waals surface area contributed by atoms with E-state index >= 15 is 0 Å². The minimum absolute atomic E-state index is 0.0725. The number of alkyl carbamates (subject to hydrolysis) is 1. The number of hydrogen-bond acceptors (Lipinski definition) is 5. The Bertz CT molecular complexity index is 792. The molecular formula is C20H21NO6. The number of benzene rings is 2. The van der Waals surface area contributed by atoms with E-state index in [4.69, 9.17) is 14.2 Å². The molecule has 1 heterocycles. The van der Waals surface area contributed by atoms with Crippen molar-refractivity contribution >= 4 is 12.1 Å². The van der Waals surface area contributed by atoms with Crippen LogP contribution in [0.4, 0.5) is 4.79 Å². The van der Waals surface area contributed by atoms with Crippen LogP contribution in [-0.2, 0) is 22.6 Å². The maximum absolute atomic E-state index is 12.0. The first-order chi connectivity index (χ1) is 13.1. The first-order valence-corrected chi connectivity index (χ1v) is 8.70. The lowest BCUT2D eigenvalue weighted by Gasteiger charge is -2.16. The van der Waals surface area contributed by atoms with Crippen molar-refractivity contribution in [2.45, 2.75) is 25.5 Å². The third kappa shape index (κ3) is 5.37. The second kappa shape index (κ2) is 8.93. The van der Waals surface area contributed by atoms with Gasteiger partial charge in [-0.2, -0.15) is 0 Å². The van der Waals surface area contributed by atoms with Crippen LogP contribution in [0.15, 0.2) is 48.5 Å².